The number of carbonyl (C=O) groups is 1. The Morgan fingerprint density at radius 1 is 1.22 bits per heavy atom. The standard InChI is InChI=1S/C23H23F4N5O4S/c1-37(34,35)16-7-11(12-3-2-6-36-10-12)4-5-14(16)28-15-8-17(30-22(33)13-9-23(13,26)27)29-20-18(15)31-21(32-20)19(24)25/h4-5,7-8,12-13,19H,2-3,6,9-10H2,1H3,(H3,28,29,30,31,32,33)/t12-,13?/m0/s1. The highest BCUT2D eigenvalue weighted by atomic mass is 32.2. The molecule has 198 valence electrons. The van der Waals surface area contributed by atoms with E-state index in [1.165, 1.54) is 6.07 Å². The van der Waals surface area contributed by atoms with Crippen molar-refractivity contribution >= 4 is 44.1 Å². The Bertz CT molecular complexity index is 1470. The number of imidazole rings is 1. The summed E-state index contributed by atoms with van der Waals surface area (Å²) in [6, 6.07) is 6.08. The monoisotopic (exact) mass is 541 g/mol. The number of nitrogens with zero attached hydrogens (tertiary/aromatic N) is 2. The molecule has 9 nitrogen and oxygen atoms in total. The van der Waals surface area contributed by atoms with Gasteiger partial charge in [0.15, 0.2) is 21.3 Å². The molecule has 14 heteroatoms. The Morgan fingerprint density at radius 2 is 1.97 bits per heavy atom. The van der Waals surface area contributed by atoms with Crippen molar-refractivity contribution in [3.05, 3.63) is 35.7 Å². The summed E-state index contributed by atoms with van der Waals surface area (Å²) in [5, 5.41) is 5.18. The number of H-pyrrole nitrogens is 1. The van der Waals surface area contributed by atoms with Gasteiger partial charge in [-0.25, -0.2) is 35.9 Å². The number of hydrogen-bond donors (Lipinski definition) is 3. The maximum atomic E-state index is 13.3. The van der Waals surface area contributed by atoms with Crippen LogP contribution in [0.2, 0.25) is 0 Å². The molecule has 1 aliphatic heterocycles. The summed E-state index contributed by atoms with van der Waals surface area (Å²) in [6.45, 7) is 1.11. The molecule has 0 radical (unpaired) electrons. The van der Waals surface area contributed by atoms with Gasteiger partial charge in [0.1, 0.15) is 17.3 Å². The van der Waals surface area contributed by atoms with Crippen LogP contribution in [0.25, 0.3) is 11.2 Å². The fourth-order valence-electron chi connectivity index (χ4n) is 4.33. The average Bonchev–Trinajstić information content (AvgIpc) is 3.27. The van der Waals surface area contributed by atoms with Gasteiger partial charge in [0.05, 0.1) is 22.9 Å². The maximum absolute atomic E-state index is 13.3. The highest BCUT2D eigenvalue weighted by Crippen LogP contribution is 2.49. The summed E-state index contributed by atoms with van der Waals surface area (Å²) in [7, 11) is -3.74. The molecule has 2 aliphatic rings. The number of anilines is 3. The fraction of sp³-hybridized carbons (Fsp3) is 0.435. The molecule has 1 unspecified atom stereocenters. The normalized spacial score (nSPS) is 21.2. The van der Waals surface area contributed by atoms with Crippen molar-refractivity contribution in [2.24, 2.45) is 5.92 Å². The van der Waals surface area contributed by atoms with Crippen LogP contribution in [-0.4, -0.2) is 54.7 Å². The van der Waals surface area contributed by atoms with E-state index in [1.54, 1.807) is 18.2 Å². The van der Waals surface area contributed by atoms with E-state index < -0.39 is 46.3 Å². The Morgan fingerprint density at radius 3 is 2.59 bits per heavy atom. The van der Waals surface area contributed by atoms with Crippen LogP contribution in [0, 0.1) is 5.92 Å². The summed E-state index contributed by atoms with van der Waals surface area (Å²) in [5.41, 5.74) is 0.778. The Hall–Kier alpha value is -3.26. The first kappa shape index (κ1) is 25.4. The van der Waals surface area contributed by atoms with E-state index in [2.05, 4.69) is 25.6 Å². The lowest BCUT2D eigenvalue weighted by Crippen LogP contribution is -2.18. The lowest BCUT2D eigenvalue weighted by atomic mass is 9.93. The number of aromatic amines is 1. The minimum atomic E-state index is -3.74. The number of rotatable bonds is 7. The van der Waals surface area contributed by atoms with Gasteiger partial charge in [-0.1, -0.05) is 6.07 Å². The maximum Gasteiger partial charge on any atom is 0.295 e. The summed E-state index contributed by atoms with van der Waals surface area (Å²) in [5.74, 6) is -6.44. The number of carbonyl (C=O) groups excluding carboxylic acids is 1. The number of ether oxygens (including phenoxy) is 1. The topological polar surface area (TPSA) is 126 Å². The van der Waals surface area contributed by atoms with Gasteiger partial charge in [-0.2, -0.15) is 0 Å². The van der Waals surface area contributed by atoms with E-state index in [1.807, 2.05) is 0 Å². The number of fused-ring (bicyclic) bond motifs is 1. The van der Waals surface area contributed by atoms with Crippen molar-refractivity contribution in [2.75, 3.05) is 30.1 Å². The highest BCUT2D eigenvalue weighted by Gasteiger charge is 2.61. The molecule has 1 aliphatic carbocycles. The molecule has 2 aromatic heterocycles. The van der Waals surface area contributed by atoms with E-state index in [4.69, 9.17) is 4.74 Å². The number of benzene rings is 1. The molecule has 0 bridgehead atoms. The lowest BCUT2D eigenvalue weighted by Gasteiger charge is -2.23. The van der Waals surface area contributed by atoms with Crippen LogP contribution in [0.4, 0.5) is 34.8 Å². The first-order valence-corrected chi connectivity index (χ1v) is 13.4. The van der Waals surface area contributed by atoms with Gasteiger partial charge in [-0.3, -0.25) is 4.79 Å². The van der Waals surface area contributed by atoms with Crippen molar-refractivity contribution in [3.8, 4) is 0 Å². The fourth-order valence-corrected chi connectivity index (χ4v) is 5.20. The molecule has 5 rings (SSSR count). The van der Waals surface area contributed by atoms with E-state index in [9.17, 15) is 30.8 Å². The molecule has 2 fully saturated rings. The first-order valence-electron chi connectivity index (χ1n) is 11.5. The van der Waals surface area contributed by atoms with Crippen LogP contribution >= 0.6 is 0 Å². The van der Waals surface area contributed by atoms with Gasteiger partial charge >= 0.3 is 0 Å². The molecule has 3 N–H and O–H groups in total. The van der Waals surface area contributed by atoms with E-state index in [-0.39, 0.29) is 39.2 Å². The SMILES string of the molecule is CS(=O)(=O)c1cc([C@H]2CCCOC2)ccc1Nc1cc(NC(=O)C2CC2(F)F)nc2[nH]c(C(F)F)nc12. The zero-order chi connectivity index (χ0) is 26.5. The second-order valence-corrected chi connectivity index (χ2v) is 11.2. The largest absolute Gasteiger partial charge is 0.381 e. The van der Waals surface area contributed by atoms with Crippen molar-refractivity contribution in [1.82, 2.24) is 15.0 Å². The third-order valence-corrected chi connectivity index (χ3v) is 7.51. The van der Waals surface area contributed by atoms with Crippen LogP contribution in [0.5, 0.6) is 0 Å². The zero-order valence-electron chi connectivity index (χ0n) is 19.5. The van der Waals surface area contributed by atoms with Gasteiger partial charge in [-0.15, -0.1) is 0 Å². The molecular weight excluding hydrogens is 518 g/mol. The second kappa shape index (κ2) is 9.24. The molecule has 3 heterocycles. The molecule has 1 amide bonds. The van der Waals surface area contributed by atoms with Crippen LogP contribution in [0.1, 0.15) is 43.0 Å². The number of pyridine rings is 1. The number of alkyl halides is 4. The number of sulfone groups is 1. The molecule has 1 saturated carbocycles. The zero-order valence-corrected chi connectivity index (χ0v) is 20.3. The summed E-state index contributed by atoms with van der Waals surface area (Å²) >= 11 is 0. The number of nitrogens with one attached hydrogen (secondary N) is 3. The highest BCUT2D eigenvalue weighted by molar-refractivity contribution is 7.90. The van der Waals surface area contributed by atoms with Crippen LogP contribution < -0.4 is 10.6 Å². The number of amides is 1. The molecule has 0 spiro atoms. The van der Waals surface area contributed by atoms with E-state index in [0.717, 1.165) is 24.7 Å². The molecule has 1 saturated heterocycles. The minimum Gasteiger partial charge on any atom is -0.381 e. The molecule has 3 aromatic rings. The van der Waals surface area contributed by atoms with Gasteiger partial charge < -0.3 is 20.4 Å². The van der Waals surface area contributed by atoms with Crippen molar-refractivity contribution in [1.29, 1.82) is 0 Å². The number of halogens is 4. The lowest BCUT2D eigenvalue weighted by molar-refractivity contribution is -0.119. The van der Waals surface area contributed by atoms with Crippen molar-refractivity contribution in [2.45, 2.75) is 42.4 Å². The Balaban J connectivity index is 1.54. The smallest absolute Gasteiger partial charge is 0.295 e. The minimum absolute atomic E-state index is 0.0261. The van der Waals surface area contributed by atoms with Gasteiger partial charge in [0, 0.05) is 31.3 Å². The van der Waals surface area contributed by atoms with Crippen LogP contribution in [0.15, 0.2) is 29.2 Å². The van der Waals surface area contributed by atoms with Crippen molar-refractivity contribution in [3.63, 3.8) is 0 Å². The third kappa shape index (κ3) is 5.25. The average molecular weight is 542 g/mol. The van der Waals surface area contributed by atoms with Crippen molar-refractivity contribution < 1.29 is 35.5 Å². The molecule has 2 atom stereocenters. The van der Waals surface area contributed by atoms with Gasteiger partial charge in [-0.05, 0) is 30.5 Å². The predicted octanol–water partition coefficient (Wildman–Crippen LogP) is 4.53. The predicted molar refractivity (Wildman–Crippen MR) is 126 cm³/mol. The van der Waals surface area contributed by atoms with Crippen LogP contribution in [-0.2, 0) is 19.4 Å². The van der Waals surface area contributed by atoms with Gasteiger partial charge in [0.25, 0.3) is 12.3 Å². The summed E-state index contributed by atoms with van der Waals surface area (Å²) < 4.78 is 84.1. The first-order chi connectivity index (χ1) is 17.4. The summed E-state index contributed by atoms with van der Waals surface area (Å²) in [4.78, 5) is 22.4. The number of aromatic nitrogens is 3. The molecule has 37 heavy (non-hydrogen) atoms. The second-order valence-electron chi connectivity index (χ2n) is 9.25. The van der Waals surface area contributed by atoms with Crippen LogP contribution in [0.3, 0.4) is 0 Å². The molecule has 1 aromatic carbocycles. The third-order valence-electron chi connectivity index (χ3n) is 6.38. The van der Waals surface area contributed by atoms with Gasteiger partial charge in [0.2, 0.25) is 5.91 Å². The van der Waals surface area contributed by atoms with E-state index >= 15 is 0 Å². The van der Waals surface area contributed by atoms with E-state index in [0.29, 0.717) is 13.2 Å². The summed E-state index contributed by atoms with van der Waals surface area (Å²) in [6.07, 6.45) is -0.827. The molecular formula is C23H23F4N5O4S. The Kier molecular flexibility index (Phi) is 6.34. The number of hydrogen-bond acceptors (Lipinski definition) is 7. The quantitative estimate of drug-likeness (QED) is 0.375. The Labute approximate surface area is 208 Å².